The highest BCUT2D eigenvalue weighted by Gasteiger charge is 2.21. The van der Waals surface area contributed by atoms with Gasteiger partial charge in [0.2, 0.25) is 0 Å². The Morgan fingerprint density at radius 1 is 1.00 bits per heavy atom. The number of benzene rings is 3. The van der Waals surface area contributed by atoms with E-state index in [0.29, 0.717) is 30.2 Å². The molecule has 0 fully saturated rings. The lowest BCUT2D eigenvalue weighted by Gasteiger charge is -2.23. The van der Waals surface area contributed by atoms with Crippen LogP contribution in [0.3, 0.4) is 0 Å². The summed E-state index contributed by atoms with van der Waals surface area (Å²) in [6.07, 6.45) is 5.89. The second-order valence-corrected chi connectivity index (χ2v) is 9.00. The predicted molar refractivity (Wildman–Crippen MR) is 143 cm³/mol. The smallest absolute Gasteiger partial charge is 0.185 e. The maximum Gasteiger partial charge on any atom is 0.185 e. The maximum atomic E-state index is 12.9. The van der Waals surface area contributed by atoms with Crippen molar-refractivity contribution in [2.45, 2.75) is 19.1 Å². The number of carbonyl (C=O) groups is 1. The highest BCUT2D eigenvalue weighted by atomic mass is 16.5. The third-order valence-electron chi connectivity index (χ3n) is 6.72. The lowest BCUT2D eigenvalue weighted by Crippen LogP contribution is -2.33. The van der Waals surface area contributed by atoms with Crippen molar-refractivity contribution in [1.82, 2.24) is 4.57 Å². The fraction of sp³-hybridized carbons (Fsp3) is 0.233. The van der Waals surface area contributed by atoms with Crippen molar-refractivity contribution in [2.75, 3.05) is 32.2 Å². The largest absolute Gasteiger partial charge is 0.493 e. The van der Waals surface area contributed by atoms with Crippen molar-refractivity contribution in [2.24, 2.45) is 0 Å². The van der Waals surface area contributed by atoms with E-state index >= 15 is 0 Å². The predicted octanol–water partition coefficient (Wildman–Crippen LogP) is 4.98. The lowest BCUT2D eigenvalue weighted by atomic mass is 10.1. The molecular formula is C30H30N2O4. The van der Waals surface area contributed by atoms with Gasteiger partial charge in [0.25, 0.3) is 0 Å². The molecule has 0 bridgehead atoms. The lowest BCUT2D eigenvalue weighted by molar-refractivity contribution is 0.104. The molecule has 1 aliphatic rings. The van der Waals surface area contributed by atoms with Gasteiger partial charge >= 0.3 is 0 Å². The Morgan fingerprint density at radius 3 is 2.61 bits per heavy atom. The number of aliphatic hydroxyl groups is 1. The van der Waals surface area contributed by atoms with E-state index in [2.05, 4.69) is 27.7 Å². The van der Waals surface area contributed by atoms with E-state index in [1.54, 1.807) is 38.5 Å². The summed E-state index contributed by atoms with van der Waals surface area (Å²) in [5.74, 6) is 0.973. The van der Waals surface area contributed by atoms with Crippen molar-refractivity contribution in [3.63, 3.8) is 0 Å². The molecule has 4 aromatic rings. The Morgan fingerprint density at radius 2 is 1.78 bits per heavy atom. The Labute approximate surface area is 211 Å². The molecule has 0 saturated heterocycles. The number of methoxy groups -OCH3 is 2. The van der Waals surface area contributed by atoms with Crippen LogP contribution in [0.25, 0.3) is 17.0 Å². The second kappa shape index (κ2) is 10.3. The number of ether oxygens (including phenoxy) is 2. The van der Waals surface area contributed by atoms with Crippen molar-refractivity contribution < 1.29 is 19.4 Å². The molecule has 0 amide bonds. The summed E-state index contributed by atoms with van der Waals surface area (Å²) in [5.41, 5.74) is 5.03. The van der Waals surface area contributed by atoms with E-state index in [9.17, 15) is 9.90 Å². The quantitative estimate of drug-likeness (QED) is 0.269. The van der Waals surface area contributed by atoms with Gasteiger partial charge in [-0.15, -0.1) is 0 Å². The standard InChI is InChI=1S/C30H30N2O4/c1-35-29-14-12-22(17-30(29)36-2)28(34)13-11-23-18-32(27-10-6-4-8-25(23)27)20-24(33)19-31-16-15-21-7-3-5-9-26(21)31/h3-14,17-18,24,33H,15-16,19-20H2,1-2H3/b13-11-/t24-/m1/s1. The number of aliphatic hydroxyl groups excluding tert-OH is 1. The summed E-state index contributed by atoms with van der Waals surface area (Å²) >= 11 is 0. The molecule has 0 spiro atoms. The van der Waals surface area contributed by atoms with Crippen LogP contribution in [0.2, 0.25) is 0 Å². The number of hydrogen-bond donors (Lipinski definition) is 1. The SMILES string of the molecule is COc1ccc(C(=O)/C=C\c2cn(C[C@H](O)CN3CCc4ccccc43)c3ccccc23)cc1OC. The zero-order chi connectivity index (χ0) is 25.1. The first-order valence-corrected chi connectivity index (χ1v) is 12.1. The van der Waals surface area contributed by atoms with Crippen LogP contribution >= 0.6 is 0 Å². The number of aromatic nitrogens is 1. The van der Waals surface area contributed by atoms with Crippen LogP contribution in [0, 0.1) is 0 Å². The number of allylic oxidation sites excluding steroid dienone is 1. The van der Waals surface area contributed by atoms with Gasteiger partial charge in [-0.05, 0) is 54.5 Å². The fourth-order valence-corrected chi connectivity index (χ4v) is 4.95. The van der Waals surface area contributed by atoms with Gasteiger partial charge in [0, 0.05) is 47.0 Å². The molecule has 184 valence electrons. The van der Waals surface area contributed by atoms with Crippen LogP contribution in [0.15, 0.2) is 79.0 Å². The summed E-state index contributed by atoms with van der Waals surface area (Å²) in [6, 6.07) is 21.6. The number of rotatable bonds is 9. The molecule has 0 saturated carbocycles. The maximum absolute atomic E-state index is 12.9. The van der Waals surface area contributed by atoms with Gasteiger partial charge in [-0.1, -0.05) is 36.4 Å². The van der Waals surface area contributed by atoms with Crippen LogP contribution < -0.4 is 14.4 Å². The number of anilines is 1. The Bertz CT molecular complexity index is 1420. The number of β-amino-alcohol motifs (C(OH)–C–C–N with tert-alkyl or cyclic N) is 1. The molecular weight excluding hydrogens is 452 g/mol. The van der Waals surface area contributed by atoms with Gasteiger partial charge in [-0.3, -0.25) is 4.79 Å². The summed E-state index contributed by atoms with van der Waals surface area (Å²) in [4.78, 5) is 15.1. The molecule has 1 N–H and O–H groups in total. The van der Waals surface area contributed by atoms with Gasteiger partial charge in [-0.25, -0.2) is 0 Å². The zero-order valence-electron chi connectivity index (χ0n) is 20.6. The van der Waals surface area contributed by atoms with Gasteiger partial charge in [-0.2, -0.15) is 0 Å². The van der Waals surface area contributed by atoms with Crippen LogP contribution in [-0.2, 0) is 13.0 Å². The molecule has 36 heavy (non-hydrogen) atoms. The van der Waals surface area contributed by atoms with Crippen molar-refractivity contribution >= 4 is 28.4 Å². The molecule has 6 heteroatoms. The average Bonchev–Trinajstić information content (AvgIpc) is 3.48. The Hall–Kier alpha value is -4.03. The van der Waals surface area contributed by atoms with Crippen LogP contribution in [0.4, 0.5) is 5.69 Å². The molecule has 0 unspecified atom stereocenters. The van der Waals surface area contributed by atoms with E-state index < -0.39 is 6.10 Å². The van der Waals surface area contributed by atoms with E-state index in [4.69, 9.17) is 9.47 Å². The van der Waals surface area contributed by atoms with Gasteiger partial charge in [0.15, 0.2) is 17.3 Å². The summed E-state index contributed by atoms with van der Waals surface area (Å²) in [6.45, 7) is 1.97. The average molecular weight is 483 g/mol. The third-order valence-corrected chi connectivity index (χ3v) is 6.72. The van der Waals surface area contributed by atoms with Crippen molar-refractivity contribution in [3.05, 3.63) is 95.7 Å². The fourth-order valence-electron chi connectivity index (χ4n) is 4.95. The molecule has 2 heterocycles. The summed E-state index contributed by atoms with van der Waals surface area (Å²) in [7, 11) is 3.11. The number of hydrogen-bond acceptors (Lipinski definition) is 5. The third kappa shape index (κ3) is 4.72. The van der Waals surface area contributed by atoms with E-state index in [1.807, 2.05) is 42.6 Å². The molecule has 1 aromatic heterocycles. The number of fused-ring (bicyclic) bond motifs is 2. The Kier molecular flexibility index (Phi) is 6.78. The second-order valence-electron chi connectivity index (χ2n) is 9.00. The minimum atomic E-state index is -0.530. The van der Waals surface area contributed by atoms with Crippen LogP contribution in [0.1, 0.15) is 21.5 Å². The highest BCUT2D eigenvalue weighted by molar-refractivity contribution is 6.08. The zero-order valence-corrected chi connectivity index (χ0v) is 20.6. The van der Waals surface area contributed by atoms with Crippen LogP contribution in [-0.4, -0.2) is 48.9 Å². The van der Waals surface area contributed by atoms with E-state index in [-0.39, 0.29) is 5.78 Å². The molecule has 5 rings (SSSR count). The van der Waals surface area contributed by atoms with Crippen molar-refractivity contribution in [1.29, 1.82) is 0 Å². The van der Waals surface area contributed by atoms with Gasteiger partial charge in [0.1, 0.15) is 0 Å². The Balaban J connectivity index is 1.34. The topological polar surface area (TPSA) is 63.9 Å². The molecule has 0 radical (unpaired) electrons. The molecule has 1 atom stereocenters. The number of nitrogens with zero attached hydrogens (tertiary/aromatic N) is 2. The molecule has 1 aliphatic heterocycles. The minimum Gasteiger partial charge on any atom is -0.493 e. The highest BCUT2D eigenvalue weighted by Crippen LogP contribution is 2.29. The summed E-state index contributed by atoms with van der Waals surface area (Å²) < 4.78 is 12.7. The molecule has 0 aliphatic carbocycles. The number of para-hydroxylation sites is 2. The van der Waals surface area contributed by atoms with Crippen molar-refractivity contribution in [3.8, 4) is 11.5 Å². The van der Waals surface area contributed by atoms with Crippen LogP contribution in [0.5, 0.6) is 11.5 Å². The normalized spacial score (nSPS) is 13.8. The first-order chi connectivity index (χ1) is 17.6. The van der Waals surface area contributed by atoms with Gasteiger partial charge < -0.3 is 24.0 Å². The van der Waals surface area contributed by atoms with E-state index in [1.165, 1.54) is 11.3 Å². The monoisotopic (exact) mass is 482 g/mol. The molecule has 3 aromatic carbocycles. The first-order valence-electron chi connectivity index (χ1n) is 12.1. The number of carbonyl (C=O) groups excluding carboxylic acids is 1. The van der Waals surface area contributed by atoms with Gasteiger partial charge in [0.05, 0.1) is 26.9 Å². The summed E-state index contributed by atoms with van der Waals surface area (Å²) in [5, 5.41) is 12.0. The first kappa shape index (κ1) is 23.7. The number of ketones is 1. The van der Waals surface area contributed by atoms with E-state index in [0.717, 1.165) is 29.4 Å². The molecule has 6 nitrogen and oxygen atoms in total. The minimum absolute atomic E-state index is 0.125.